The number of hydrogen-bond donors (Lipinski definition) is 1. The van der Waals surface area contributed by atoms with Gasteiger partial charge in [0.1, 0.15) is 12.4 Å². The number of rotatable bonds is 6. The second-order valence-electron chi connectivity index (χ2n) is 6.16. The summed E-state index contributed by atoms with van der Waals surface area (Å²) in [6, 6.07) is 20.4. The molecule has 134 valence electrons. The molecule has 5 heteroatoms. The second kappa shape index (κ2) is 8.63. The van der Waals surface area contributed by atoms with Gasteiger partial charge in [0, 0.05) is 23.6 Å². The van der Waals surface area contributed by atoms with E-state index in [4.69, 9.17) is 10.00 Å². The van der Waals surface area contributed by atoms with Crippen molar-refractivity contribution in [2.24, 2.45) is 0 Å². The summed E-state index contributed by atoms with van der Waals surface area (Å²) in [5, 5.41) is 11.8. The number of pyridine rings is 1. The van der Waals surface area contributed by atoms with Crippen LogP contribution in [0, 0.1) is 18.3 Å². The molecular formula is C22H19N3O2. The second-order valence-corrected chi connectivity index (χ2v) is 6.16. The molecule has 0 spiro atoms. The van der Waals surface area contributed by atoms with E-state index in [2.05, 4.69) is 16.4 Å². The number of aromatic nitrogens is 1. The third-order valence-electron chi connectivity index (χ3n) is 3.92. The number of carbonyl (C=O) groups is 1. The van der Waals surface area contributed by atoms with Crippen LogP contribution in [-0.4, -0.2) is 10.9 Å². The molecular weight excluding hydrogens is 338 g/mol. The number of nitrogens with one attached hydrogen (secondary N) is 1. The Labute approximate surface area is 158 Å². The Morgan fingerprint density at radius 3 is 2.74 bits per heavy atom. The zero-order valence-corrected chi connectivity index (χ0v) is 15.0. The van der Waals surface area contributed by atoms with Gasteiger partial charge in [-0.25, -0.2) is 0 Å². The molecule has 0 aliphatic heterocycles. The fraction of sp³-hybridized carbons (Fsp3) is 0.136. The van der Waals surface area contributed by atoms with E-state index in [0.717, 1.165) is 16.8 Å². The maximum absolute atomic E-state index is 12.2. The summed E-state index contributed by atoms with van der Waals surface area (Å²) < 4.78 is 5.77. The van der Waals surface area contributed by atoms with E-state index < -0.39 is 0 Å². The maximum Gasteiger partial charge on any atom is 0.228 e. The first-order valence-electron chi connectivity index (χ1n) is 8.56. The van der Waals surface area contributed by atoms with Crippen molar-refractivity contribution in [3.05, 3.63) is 89.2 Å². The van der Waals surface area contributed by atoms with Crippen LogP contribution in [-0.2, 0) is 17.8 Å². The van der Waals surface area contributed by atoms with Crippen molar-refractivity contribution in [3.63, 3.8) is 0 Å². The molecule has 1 aromatic heterocycles. The largest absolute Gasteiger partial charge is 0.489 e. The number of nitriles is 1. The van der Waals surface area contributed by atoms with Gasteiger partial charge in [0.2, 0.25) is 5.91 Å². The molecule has 0 radical (unpaired) electrons. The first-order chi connectivity index (χ1) is 13.1. The average molecular weight is 357 g/mol. The Bertz CT molecular complexity index is 975. The highest BCUT2D eigenvalue weighted by molar-refractivity contribution is 5.92. The van der Waals surface area contributed by atoms with Crippen LogP contribution in [0.4, 0.5) is 5.69 Å². The van der Waals surface area contributed by atoms with Crippen LogP contribution in [0.15, 0.2) is 66.9 Å². The standard InChI is InChI=1S/C22H19N3O2/c1-16-8-9-18(14-24-16)11-22(26)25-20-6-3-7-21(12-20)27-15-19-5-2-4-17(10-19)13-23/h2-10,12,14H,11,15H2,1H3,(H,25,26). The fourth-order valence-corrected chi connectivity index (χ4v) is 2.55. The van der Waals surface area contributed by atoms with E-state index in [1.165, 1.54) is 0 Å². The lowest BCUT2D eigenvalue weighted by Gasteiger charge is -2.10. The van der Waals surface area contributed by atoms with E-state index in [-0.39, 0.29) is 12.3 Å². The molecule has 5 nitrogen and oxygen atoms in total. The molecule has 2 aromatic carbocycles. The first-order valence-corrected chi connectivity index (χ1v) is 8.56. The number of nitrogens with zero attached hydrogens (tertiary/aromatic N) is 2. The summed E-state index contributed by atoms with van der Waals surface area (Å²) >= 11 is 0. The lowest BCUT2D eigenvalue weighted by Crippen LogP contribution is -2.14. The van der Waals surface area contributed by atoms with Gasteiger partial charge in [-0.05, 0) is 48.4 Å². The van der Waals surface area contributed by atoms with Crippen LogP contribution >= 0.6 is 0 Å². The molecule has 0 fully saturated rings. The van der Waals surface area contributed by atoms with E-state index in [1.54, 1.807) is 24.4 Å². The van der Waals surface area contributed by atoms with Crippen molar-refractivity contribution >= 4 is 11.6 Å². The Hall–Kier alpha value is -3.65. The maximum atomic E-state index is 12.2. The summed E-state index contributed by atoms with van der Waals surface area (Å²) in [6.45, 7) is 2.26. The molecule has 3 rings (SSSR count). The third-order valence-corrected chi connectivity index (χ3v) is 3.92. The molecule has 0 aliphatic carbocycles. The number of benzene rings is 2. The molecule has 0 saturated heterocycles. The van der Waals surface area contributed by atoms with E-state index >= 15 is 0 Å². The van der Waals surface area contributed by atoms with Gasteiger partial charge in [-0.3, -0.25) is 9.78 Å². The minimum atomic E-state index is -0.112. The molecule has 1 N–H and O–H groups in total. The summed E-state index contributed by atoms with van der Waals surface area (Å²) in [5.74, 6) is 0.534. The van der Waals surface area contributed by atoms with Crippen molar-refractivity contribution in [1.82, 2.24) is 4.98 Å². The zero-order chi connectivity index (χ0) is 19.1. The number of hydrogen-bond acceptors (Lipinski definition) is 4. The Kier molecular flexibility index (Phi) is 5.80. The number of aryl methyl sites for hydroxylation is 1. The molecule has 27 heavy (non-hydrogen) atoms. The Morgan fingerprint density at radius 2 is 1.96 bits per heavy atom. The molecule has 1 heterocycles. The predicted octanol–water partition coefficient (Wildman–Crippen LogP) is 4.02. The van der Waals surface area contributed by atoms with Gasteiger partial charge >= 0.3 is 0 Å². The first kappa shape index (κ1) is 18.2. The van der Waals surface area contributed by atoms with Crippen molar-refractivity contribution in [2.75, 3.05) is 5.32 Å². The quantitative estimate of drug-likeness (QED) is 0.723. The molecule has 0 aliphatic rings. The van der Waals surface area contributed by atoms with E-state index in [0.29, 0.717) is 23.6 Å². The van der Waals surface area contributed by atoms with Gasteiger partial charge in [0.25, 0.3) is 0 Å². The van der Waals surface area contributed by atoms with Gasteiger partial charge in [-0.1, -0.05) is 24.3 Å². The summed E-state index contributed by atoms with van der Waals surface area (Å²) in [4.78, 5) is 16.4. The van der Waals surface area contributed by atoms with Gasteiger partial charge in [-0.2, -0.15) is 5.26 Å². The summed E-state index contributed by atoms with van der Waals surface area (Å²) in [5.41, 5.74) is 3.97. The molecule has 0 unspecified atom stereocenters. The smallest absolute Gasteiger partial charge is 0.228 e. The van der Waals surface area contributed by atoms with Gasteiger partial charge in [-0.15, -0.1) is 0 Å². The predicted molar refractivity (Wildman–Crippen MR) is 103 cm³/mol. The number of carbonyl (C=O) groups excluding carboxylic acids is 1. The van der Waals surface area contributed by atoms with Crippen molar-refractivity contribution in [2.45, 2.75) is 20.0 Å². The topological polar surface area (TPSA) is 75.0 Å². The third kappa shape index (κ3) is 5.41. The zero-order valence-electron chi connectivity index (χ0n) is 15.0. The lowest BCUT2D eigenvalue weighted by molar-refractivity contribution is -0.115. The van der Waals surface area contributed by atoms with Crippen LogP contribution in [0.25, 0.3) is 0 Å². The highest BCUT2D eigenvalue weighted by atomic mass is 16.5. The number of ether oxygens (including phenoxy) is 1. The van der Waals surface area contributed by atoms with Crippen LogP contribution in [0.5, 0.6) is 5.75 Å². The van der Waals surface area contributed by atoms with Crippen LogP contribution in [0.3, 0.4) is 0 Å². The van der Waals surface area contributed by atoms with Crippen LogP contribution < -0.4 is 10.1 Å². The van der Waals surface area contributed by atoms with Crippen molar-refractivity contribution < 1.29 is 9.53 Å². The van der Waals surface area contributed by atoms with Crippen LogP contribution in [0.1, 0.15) is 22.4 Å². The van der Waals surface area contributed by atoms with E-state index in [1.807, 2.05) is 49.4 Å². The molecule has 0 saturated carbocycles. The van der Waals surface area contributed by atoms with Gasteiger partial charge in [0.05, 0.1) is 18.1 Å². The SMILES string of the molecule is Cc1ccc(CC(=O)Nc2cccc(OCc3cccc(C#N)c3)c2)cn1. The normalized spacial score (nSPS) is 10.1. The molecule has 1 amide bonds. The fourth-order valence-electron chi connectivity index (χ4n) is 2.55. The van der Waals surface area contributed by atoms with Crippen LogP contribution in [0.2, 0.25) is 0 Å². The van der Waals surface area contributed by atoms with Crippen molar-refractivity contribution in [1.29, 1.82) is 5.26 Å². The van der Waals surface area contributed by atoms with Gasteiger partial charge in [0.15, 0.2) is 0 Å². The Balaban J connectivity index is 1.58. The number of anilines is 1. The summed E-state index contributed by atoms with van der Waals surface area (Å²) in [6.07, 6.45) is 1.98. The molecule has 0 atom stereocenters. The monoisotopic (exact) mass is 357 g/mol. The lowest BCUT2D eigenvalue weighted by atomic mass is 10.1. The molecule has 3 aromatic rings. The van der Waals surface area contributed by atoms with Crippen molar-refractivity contribution in [3.8, 4) is 11.8 Å². The number of amides is 1. The van der Waals surface area contributed by atoms with Gasteiger partial charge < -0.3 is 10.1 Å². The van der Waals surface area contributed by atoms with E-state index in [9.17, 15) is 4.79 Å². The highest BCUT2D eigenvalue weighted by Crippen LogP contribution is 2.19. The minimum absolute atomic E-state index is 0.112. The highest BCUT2D eigenvalue weighted by Gasteiger charge is 2.06. The summed E-state index contributed by atoms with van der Waals surface area (Å²) in [7, 11) is 0. The average Bonchev–Trinajstić information content (AvgIpc) is 2.68. The Morgan fingerprint density at radius 1 is 1.11 bits per heavy atom. The molecule has 0 bridgehead atoms. The minimum Gasteiger partial charge on any atom is -0.489 e.